The molecule has 27 heavy (non-hydrogen) atoms. The number of aliphatic hydroxyl groups is 1. The number of benzene rings is 2. The first-order chi connectivity index (χ1) is 12.7. The van der Waals surface area contributed by atoms with Crippen molar-refractivity contribution < 1.29 is 9.84 Å². The highest BCUT2D eigenvalue weighted by atomic mass is 35.5. The molecule has 0 aliphatic carbocycles. The lowest BCUT2D eigenvalue weighted by Gasteiger charge is -2.21. The van der Waals surface area contributed by atoms with Crippen LogP contribution in [-0.4, -0.2) is 30.9 Å². The molecule has 0 aliphatic heterocycles. The molecule has 2 aromatic carbocycles. The van der Waals surface area contributed by atoms with Gasteiger partial charge in [0, 0.05) is 16.6 Å². The summed E-state index contributed by atoms with van der Waals surface area (Å²) in [5.41, 5.74) is 3.50. The average Bonchev–Trinajstić information content (AvgIpc) is 2.58. The summed E-state index contributed by atoms with van der Waals surface area (Å²) in [6.45, 7) is 10.0. The molecule has 2 rings (SSSR count). The summed E-state index contributed by atoms with van der Waals surface area (Å²) in [6.07, 6.45) is 0.198. The first kappa shape index (κ1) is 22.0. The van der Waals surface area contributed by atoms with Gasteiger partial charge in [-0.1, -0.05) is 62.2 Å². The topological polar surface area (TPSA) is 41.5 Å². The van der Waals surface area contributed by atoms with Crippen molar-refractivity contribution in [1.29, 1.82) is 0 Å². The zero-order valence-electron chi connectivity index (χ0n) is 16.5. The third-order valence-electron chi connectivity index (χ3n) is 4.44. The fourth-order valence-corrected chi connectivity index (χ4v) is 3.24. The van der Waals surface area contributed by atoms with Crippen LogP contribution in [0.4, 0.5) is 0 Å². The molecule has 0 bridgehead atoms. The first-order valence-corrected chi connectivity index (χ1v) is 9.99. The highest BCUT2D eigenvalue weighted by Gasteiger charge is 2.15. The Morgan fingerprint density at radius 2 is 1.85 bits per heavy atom. The van der Waals surface area contributed by atoms with Gasteiger partial charge in [0.15, 0.2) is 0 Å². The van der Waals surface area contributed by atoms with Crippen molar-refractivity contribution in [2.45, 2.75) is 45.6 Å². The summed E-state index contributed by atoms with van der Waals surface area (Å²) in [5.74, 6) is 0.815. The molecular formula is C22H29Cl2NO2. The standard InChI is InChI=1S/C22H29Cl2NO2/c1-15-11-17(22(2,3)4)6-8-21(15)27-14-19(26)13-25-10-9-16-5-7-18(23)12-20(16)24/h5-8,11-12,19,25-26H,9-10,13-14H2,1-4H3/t19-/m0/s1. The number of aryl methyl sites for hydroxylation is 1. The molecule has 0 fully saturated rings. The molecule has 0 saturated heterocycles. The molecule has 5 heteroatoms. The van der Waals surface area contributed by atoms with E-state index in [-0.39, 0.29) is 12.0 Å². The lowest BCUT2D eigenvalue weighted by atomic mass is 9.86. The van der Waals surface area contributed by atoms with E-state index in [0.717, 1.165) is 29.8 Å². The Kier molecular flexibility index (Phi) is 7.99. The molecule has 2 aromatic rings. The Bertz CT molecular complexity index is 756. The summed E-state index contributed by atoms with van der Waals surface area (Å²) in [4.78, 5) is 0. The monoisotopic (exact) mass is 409 g/mol. The summed E-state index contributed by atoms with van der Waals surface area (Å²) in [7, 11) is 0. The van der Waals surface area contributed by atoms with Crippen molar-refractivity contribution in [1.82, 2.24) is 5.32 Å². The van der Waals surface area contributed by atoms with Crippen molar-refractivity contribution >= 4 is 23.2 Å². The fraction of sp³-hybridized carbons (Fsp3) is 0.455. The fourth-order valence-electron chi connectivity index (χ4n) is 2.74. The molecule has 0 heterocycles. The van der Waals surface area contributed by atoms with Crippen molar-refractivity contribution in [3.05, 3.63) is 63.1 Å². The minimum atomic E-state index is -0.576. The van der Waals surface area contributed by atoms with Gasteiger partial charge in [0.05, 0.1) is 0 Å². The first-order valence-electron chi connectivity index (χ1n) is 9.23. The predicted octanol–water partition coefficient (Wildman–Crippen LogP) is 5.17. The van der Waals surface area contributed by atoms with Crippen molar-refractivity contribution in [3.63, 3.8) is 0 Å². The minimum absolute atomic E-state index is 0.111. The van der Waals surface area contributed by atoms with Crippen LogP contribution in [0.3, 0.4) is 0 Å². The zero-order valence-corrected chi connectivity index (χ0v) is 18.0. The van der Waals surface area contributed by atoms with Gasteiger partial charge in [-0.05, 0) is 60.2 Å². The van der Waals surface area contributed by atoms with Crippen LogP contribution < -0.4 is 10.1 Å². The molecule has 0 saturated carbocycles. The van der Waals surface area contributed by atoms with E-state index in [1.807, 2.05) is 25.1 Å². The van der Waals surface area contributed by atoms with Gasteiger partial charge in [-0.25, -0.2) is 0 Å². The predicted molar refractivity (Wildman–Crippen MR) is 114 cm³/mol. The lowest BCUT2D eigenvalue weighted by Crippen LogP contribution is -2.32. The zero-order chi connectivity index (χ0) is 20.0. The molecular weight excluding hydrogens is 381 g/mol. The number of rotatable bonds is 8. The van der Waals surface area contributed by atoms with Gasteiger partial charge < -0.3 is 15.2 Å². The summed E-state index contributed by atoms with van der Waals surface area (Å²) in [6, 6.07) is 11.7. The van der Waals surface area contributed by atoms with Crippen LogP contribution in [-0.2, 0) is 11.8 Å². The van der Waals surface area contributed by atoms with E-state index in [4.69, 9.17) is 27.9 Å². The van der Waals surface area contributed by atoms with E-state index in [1.54, 1.807) is 6.07 Å². The van der Waals surface area contributed by atoms with Crippen molar-refractivity contribution in [3.8, 4) is 5.75 Å². The van der Waals surface area contributed by atoms with Gasteiger partial charge in [-0.15, -0.1) is 0 Å². The Hall–Kier alpha value is -1.26. The van der Waals surface area contributed by atoms with Gasteiger partial charge in [0.25, 0.3) is 0 Å². The van der Waals surface area contributed by atoms with Crippen LogP contribution in [0.2, 0.25) is 10.0 Å². The molecule has 1 atom stereocenters. The second-order valence-electron chi connectivity index (χ2n) is 7.88. The second kappa shape index (κ2) is 9.79. The third kappa shape index (κ3) is 7.00. The van der Waals surface area contributed by atoms with Crippen LogP contribution >= 0.6 is 23.2 Å². The maximum atomic E-state index is 10.1. The van der Waals surface area contributed by atoms with Gasteiger partial charge >= 0.3 is 0 Å². The summed E-state index contributed by atoms with van der Waals surface area (Å²) >= 11 is 12.1. The van der Waals surface area contributed by atoms with Crippen LogP contribution in [0.5, 0.6) is 5.75 Å². The molecule has 2 N–H and O–H groups in total. The largest absolute Gasteiger partial charge is 0.491 e. The van der Waals surface area contributed by atoms with Crippen LogP contribution in [0.1, 0.15) is 37.5 Å². The minimum Gasteiger partial charge on any atom is -0.491 e. The smallest absolute Gasteiger partial charge is 0.122 e. The number of nitrogens with one attached hydrogen (secondary N) is 1. The number of hydrogen-bond donors (Lipinski definition) is 2. The maximum absolute atomic E-state index is 10.1. The van der Waals surface area contributed by atoms with Gasteiger partial charge in [-0.2, -0.15) is 0 Å². The highest BCUT2D eigenvalue weighted by molar-refractivity contribution is 6.35. The van der Waals surface area contributed by atoms with E-state index in [0.29, 0.717) is 16.6 Å². The SMILES string of the molecule is Cc1cc(C(C)(C)C)ccc1OC[C@@H](O)CNCCc1ccc(Cl)cc1Cl. The molecule has 0 unspecified atom stereocenters. The number of ether oxygens (including phenoxy) is 1. The number of aliphatic hydroxyl groups excluding tert-OH is 1. The third-order valence-corrected chi connectivity index (χ3v) is 5.03. The van der Waals surface area contributed by atoms with E-state index in [2.05, 4.69) is 38.2 Å². The summed E-state index contributed by atoms with van der Waals surface area (Å²) in [5, 5.41) is 14.7. The molecule has 0 spiro atoms. The van der Waals surface area contributed by atoms with Crippen LogP contribution in [0.25, 0.3) is 0 Å². The van der Waals surface area contributed by atoms with E-state index in [1.165, 1.54) is 5.56 Å². The normalized spacial score (nSPS) is 12.9. The van der Waals surface area contributed by atoms with Gasteiger partial charge in [-0.3, -0.25) is 0 Å². The average molecular weight is 410 g/mol. The number of halogens is 2. The van der Waals surface area contributed by atoms with Crippen LogP contribution in [0.15, 0.2) is 36.4 Å². The van der Waals surface area contributed by atoms with Gasteiger partial charge in [0.1, 0.15) is 18.5 Å². The molecule has 148 valence electrons. The second-order valence-corrected chi connectivity index (χ2v) is 8.73. The molecule has 0 aromatic heterocycles. The quantitative estimate of drug-likeness (QED) is 0.590. The molecule has 0 aliphatic rings. The summed E-state index contributed by atoms with van der Waals surface area (Å²) < 4.78 is 5.79. The Morgan fingerprint density at radius 3 is 2.48 bits per heavy atom. The van der Waals surface area contributed by atoms with Crippen LogP contribution in [0, 0.1) is 6.92 Å². The van der Waals surface area contributed by atoms with Gasteiger partial charge in [0.2, 0.25) is 0 Å². The van der Waals surface area contributed by atoms with E-state index in [9.17, 15) is 5.11 Å². The van der Waals surface area contributed by atoms with Crippen molar-refractivity contribution in [2.75, 3.05) is 19.7 Å². The van der Waals surface area contributed by atoms with Crippen molar-refractivity contribution in [2.24, 2.45) is 0 Å². The lowest BCUT2D eigenvalue weighted by molar-refractivity contribution is 0.106. The number of hydrogen-bond acceptors (Lipinski definition) is 3. The molecule has 0 radical (unpaired) electrons. The molecule has 0 amide bonds. The Morgan fingerprint density at radius 1 is 1.11 bits per heavy atom. The van der Waals surface area contributed by atoms with E-state index >= 15 is 0 Å². The maximum Gasteiger partial charge on any atom is 0.122 e. The van der Waals surface area contributed by atoms with E-state index < -0.39 is 6.10 Å². The Balaban J connectivity index is 1.74. The highest BCUT2D eigenvalue weighted by Crippen LogP contribution is 2.27. The Labute approximate surface area is 172 Å². The molecule has 3 nitrogen and oxygen atoms in total.